The molecule has 1 unspecified atom stereocenters. The van der Waals surface area contributed by atoms with Crippen LogP contribution in [0.1, 0.15) is 87.5 Å². The second kappa shape index (κ2) is 12.7. The first-order chi connectivity index (χ1) is 17.6. The van der Waals surface area contributed by atoms with E-state index in [2.05, 4.69) is 0 Å². The van der Waals surface area contributed by atoms with Gasteiger partial charge in [0.25, 0.3) is 0 Å². The predicted octanol–water partition coefficient (Wildman–Crippen LogP) is 2.95. The van der Waals surface area contributed by atoms with Crippen LogP contribution in [0, 0.1) is 23.7 Å². The molecule has 0 aromatic carbocycles. The van der Waals surface area contributed by atoms with Gasteiger partial charge < -0.3 is 28.8 Å². The van der Waals surface area contributed by atoms with Gasteiger partial charge in [0.05, 0.1) is 6.10 Å². The summed E-state index contributed by atoms with van der Waals surface area (Å²) in [7, 11) is 0. The van der Waals surface area contributed by atoms with Crippen molar-refractivity contribution in [3.63, 3.8) is 0 Å². The zero-order chi connectivity index (χ0) is 29.0. The number of fused-ring (bicyclic) bond motifs is 1. The summed E-state index contributed by atoms with van der Waals surface area (Å²) in [5, 5.41) is 12.0. The standard InChI is InChI=1S/C28H44O10/c1-9-11-20(33)38-27(7,12-10-13-29)25-22-21(15(2)3)24(35-17(5)31)26(36-18(6)32)28(8,34)23(22)19(37-25)14-16(4)30/h13,15,19,21-26,34H,9-12,14H2,1-8H3/t19-,21-,22+,23-,24+,25?,26-,27-,28+/m1/s1. The summed E-state index contributed by atoms with van der Waals surface area (Å²) in [6.45, 7) is 12.8. The van der Waals surface area contributed by atoms with Gasteiger partial charge in [0.15, 0.2) is 6.10 Å². The molecule has 10 heteroatoms. The number of ketones is 1. The minimum absolute atomic E-state index is 0.0314. The average molecular weight is 541 g/mol. The van der Waals surface area contributed by atoms with Gasteiger partial charge in [0.2, 0.25) is 0 Å². The highest BCUT2D eigenvalue weighted by atomic mass is 16.6. The summed E-state index contributed by atoms with van der Waals surface area (Å²) in [4.78, 5) is 60.8. The smallest absolute Gasteiger partial charge is 0.306 e. The highest BCUT2D eigenvalue weighted by Gasteiger charge is 2.69. The number of aliphatic hydroxyl groups is 1. The Balaban J connectivity index is 2.78. The van der Waals surface area contributed by atoms with Gasteiger partial charge in [-0.2, -0.15) is 0 Å². The fourth-order valence-electron chi connectivity index (χ4n) is 6.59. The van der Waals surface area contributed by atoms with Crippen LogP contribution >= 0.6 is 0 Å². The lowest BCUT2D eigenvalue weighted by molar-refractivity contribution is -0.240. The van der Waals surface area contributed by atoms with E-state index in [0.717, 1.165) is 6.29 Å². The SMILES string of the molecule is CCCC(=O)O[C@](C)(CCC=O)C1O[C@H](CC(C)=O)[C@@H]2[C@@H]1[C@@H](C(C)C)[C@H](OC(C)=O)[C@@H](OC(C)=O)[C@@]2(C)O. The van der Waals surface area contributed by atoms with Gasteiger partial charge in [-0.15, -0.1) is 0 Å². The van der Waals surface area contributed by atoms with Crippen molar-refractivity contribution in [3.05, 3.63) is 0 Å². The van der Waals surface area contributed by atoms with Crippen LogP contribution in [0.4, 0.5) is 0 Å². The lowest BCUT2D eigenvalue weighted by Crippen LogP contribution is -2.68. The maximum Gasteiger partial charge on any atom is 0.306 e. The molecule has 2 aliphatic rings. The second-order valence-electron chi connectivity index (χ2n) is 11.5. The molecule has 2 rings (SSSR count). The molecule has 9 atom stereocenters. The molecule has 1 saturated carbocycles. The van der Waals surface area contributed by atoms with Crippen LogP contribution in [-0.4, -0.2) is 70.7 Å². The van der Waals surface area contributed by atoms with Crippen LogP contribution in [-0.2, 0) is 42.9 Å². The third kappa shape index (κ3) is 6.81. The molecule has 1 heterocycles. The molecule has 0 amide bonds. The van der Waals surface area contributed by atoms with Crippen molar-refractivity contribution in [2.45, 2.75) is 123 Å². The number of hydrogen-bond acceptors (Lipinski definition) is 10. The van der Waals surface area contributed by atoms with E-state index in [-0.39, 0.29) is 37.4 Å². The molecule has 0 bridgehead atoms. The van der Waals surface area contributed by atoms with Gasteiger partial charge in [-0.05, 0) is 39.5 Å². The summed E-state index contributed by atoms with van der Waals surface area (Å²) in [5.74, 6) is -3.86. The van der Waals surface area contributed by atoms with Gasteiger partial charge in [-0.1, -0.05) is 20.8 Å². The van der Waals surface area contributed by atoms with Crippen molar-refractivity contribution in [1.82, 2.24) is 0 Å². The number of aldehydes is 1. The Morgan fingerprint density at radius 3 is 2.18 bits per heavy atom. The van der Waals surface area contributed by atoms with E-state index in [4.69, 9.17) is 18.9 Å². The molecule has 216 valence electrons. The third-order valence-corrected chi connectivity index (χ3v) is 7.87. The van der Waals surface area contributed by atoms with Crippen molar-refractivity contribution in [3.8, 4) is 0 Å². The van der Waals surface area contributed by atoms with Crippen molar-refractivity contribution in [2.75, 3.05) is 0 Å². The van der Waals surface area contributed by atoms with E-state index in [1.54, 1.807) is 6.92 Å². The summed E-state index contributed by atoms with van der Waals surface area (Å²) < 4.78 is 23.9. The van der Waals surface area contributed by atoms with E-state index in [1.807, 2.05) is 20.8 Å². The number of ether oxygens (including phenoxy) is 4. The molecule has 0 radical (unpaired) electrons. The molecule has 1 aliphatic carbocycles. The van der Waals surface area contributed by atoms with Crippen LogP contribution in [0.15, 0.2) is 0 Å². The minimum atomic E-state index is -1.77. The maximum absolute atomic E-state index is 12.7. The van der Waals surface area contributed by atoms with E-state index in [1.165, 1.54) is 27.7 Å². The van der Waals surface area contributed by atoms with Crippen molar-refractivity contribution in [1.29, 1.82) is 0 Å². The minimum Gasteiger partial charge on any atom is -0.458 e. The first-order valence-electron chi connectivity index (χ1n) is 13.5. The second-order valence-corrected chi connectivity index (χ2v) is 11.5. The highest BCUT2D eigenvalue weighted by molar-refractivity contribution is 5.76. The Labute approximate surface area is 225 Å². The summed E-state index contributed by atoms with van der Waals surface area (Å²) in [5.41, 5.74) is -3.05. The van der Waals surface area contributed by atoms with E-state index in [0.29, 0.717) is 6.42 Å². The van der Waals surface area contributed by atoms with Crippen LogP contribution < -0.4 is 0 Å². The molecule has 1 saturated heterocycles. The lowest BCUT2D eigenvalue weighted by atomic mass is 9.55. The molecular formula is C28H44O10. The van der Waals surface area contributed by atoms with Gasteiger partial charge in [0.1, 0.15) is 35.5 Å². The van der Waals surface area contributed by atoms with Crippen LogP contribution in [0.25, 0.3) is 0 Å². The zero-order valence-corrected chi connectivity index (χ0v) is 23.9. The van der Waals surface area contributed by atoms with Gasteiger partial charge in [-0.25, -0.2) is 0 Å². The van der Waals surface area contributed by atoms with E-state index < -0.39 is 71.3 Å². The number of carbonyl (C=O) groups excluding carboxylic acids is 5. The average Bonchev–Trinajstić information content (AvgIpc) is 3.14. The summed E-state index contributed by atoms with van der Waals surface area (Å²) in [6.07, 6.45) is -2.20. The quantitative estimate of drug-likeness (QED) is 0.223. The zero-order valence-electron chi connectivity index (χ0n) is 23.9. The number of carbonyl (C=O) groups is 5. The lowest BCUT2D eigenvalue weighted by Gasteiger charge is -2.54. The fourth-order valence-corrected chi connectivity index (χ4v) is 6.59. The molecule has 0 aromatic heterocycles. The van der Waals surface area contributed by atoms with Crippen molar-refractivity contribution < 1.29 is 48.0 Å². The van der Waals surface area contributed by atoms with Crippen LogP contribution in [0.5, 0.6) is 0 Å². The monoisotopic (exact) mass is 540 g/mol. The van der Waals surface area contributed by atoms with Crippen LogP contribution in [0.3, 0.4) is 0 Å². The van der Waals surface area contributed by atoms with E-state index in [9.17, 15) is 29.1 Å². The van der Waals surface area contributed by atoms with Gasteiger partial charge in [-0.3, -0.25) is 19.2 Å². The number of rotatable bonds is 12. The number of esters is 3. The summed E-state index contributed by atoms with van der Waals surface area (Å²) >= 11 is 0. The topological polar surface area (TPSA) is 143 Å². The van der Waals surface area contributed by atoms with Gasteiger partial charge in [0, 0.05) is 50.9 Å². The fraction of sp³-hybridized carbons (Fsp3) is 0.821. The predicted molar refractivity (Wildman–Crippen MR) is 136 cm³/mol. The third-order valence-electron chi connectivity index (χ3n) is 7.87. The Morgan fingerprint density at radius 2 is 1.71 bits per heavy atom. The maximum atomic E-state index is 12.7. The summed E-state index contributed by atoms with van der Waals surface area (Å²) in [6, 6.07) is 0. The van der Waals surface area contributed by atoms with Crippen molar-refractivity contribution in [2.24, 2.45) is 23.7 Å². The van der Waals surface area contributed by atoms with Crippen LogP contribution in [0.2, 0.25) is 0 Å². The Bertz CT molecular complexity index is 896. The Kier molecular flexibility index (Phi) is 10.6. The Morgan fingerprint density at radius 1 is 1.11 bits per heavy atom. The number of hydrogen-bond donors (Lipinski definition) is 1. The molecule has 0 aromatic rings. The largest absolute Gasteiger partial charge is 0.458 e. The van der Waals surface area contributed by atoms with Gasteiger partial charge >= 0.3 is 17.9 Å². The molecule has 1 aliphatic heterocycles. The first-order valence-corrected chi connectivity index (χ1v) is 13.5. The highest BCUT2D eigenvalue weighted by Crippen LogP contribution is 2.57. The van der Waals surface area contributed by atoms with E-state index >= 15 is 0 Å². The number of Topliss-reactive ketones (excluding diaryl/α,β-unsaturated/α-hetero) is 1. The van der Waals surface area contributed by atoms with Crippen molar-refractivity contribution >= 4 is 30.0 Å². The first kappa shape index (κ1) is 31.9. The normalized spacial score (nSPS) is 34.1. The Hall–Kier alpha value is -2.33. The molecule has 2 fully saturated rings. The molecule has 0 spiro atoms. The molecule has 10 nitrogen and oxygen atoms in total. The molecule has 1 N–H and O–H groups in total. The molecular weight excluding hydrogens is 496 g/mol. The molecule has 38 heavy (non-hydrogen) atoms.